The van der Waals surface area contributed by atoms with Crippen LogP contribution < -0.4 is 29.1 Å². The molecule has 0 bridgehead atoms. The summed E-state index contributed by atoms with van der Waals surface area (Å²) in [5.74, 6) is -2.56. The topological polar surface area (TPSA) is 179 Å². The van der Waals surface area contributed by atoms with Gasteiger partial charge in [-0.15, -0.1) is 0 Å². The van der Waals surface area contributed by atoms with Gasteiger partial charge >= 0.3 is 17.7 Å². The van der Waals surface area contributed by atoms with E-state index in [1.165, 1.54) is 0 Å². The van der Waals surface area contributed by atoms with Gasteiger partial charge in [-0.2, -0.15) is 0 Å². The maximum Gasteiger partial charge on any atom is 0.338 e. The molecule has 2 N–H and O–H groups in total. The number of carbonyl (C=O) groups excluding carboxylic acids is 2. The van der Waals surface area contributed by atoms with Crippen LogP contribution in [0.2, 0.25) is 0 Å². The van der Waals surface area contributed by atoms with Gasteiger partial charge in [-0.05, 0) is 77.6 Å². The van der Waals surface area contributed by atoms with E-state index in [-0.39, 0.29) is 58.1 Å². The van der Waals surface area contributed by atoms with E-state index in [4.69, 9.17) is 42.3 Å². The van der Waals surface area contributed by atoms with Crippen LogP contribution in [0.25, 0.3) is 22.3 Å². The van der Waals surface area contributed by atoms with Gasteiger partial charge in [0.15, 0.2) is 23.4 Å². The summed E-state index contributed by atoms with van der Waals surface area (Å²) < 4.78 is 58.3. The first-order valence-electron chi connectivity index (χ1n) is 27.4. The van der Waals surface area contributed by atoms with Crippen molar-refractivity contribution in [3.8, 4) is 40.1 Å². The normalized spacial score (nSPS) is 17.9. The Kier molecular flexibility index (Phi) is 16.5. The Hall–Kier alpha value is -9.21. The number of benzene rings is 8. The standard InChI is InChI=1S/C68H60O14/c1-3-17-43-27-31-47(32-28-43)65(72)76-42-57-59(69)61(71)64(79-66(73)48-33-29-44(18-4-2)30-34-48)67(78-57)80-63-60(70)58-55(75-41-46-21-11-6-12-22-46)38-52(74-40-45-19-9-5-10-20-45)39-56(58)77-62(63)49-35-36-53-54(37-49)82-68(81-53,50-23-13-7-14-24-50)51-25-15-8-16-26-51/h5-16,19-39,57,59,61,64,67,69,71H,3-4,17-18,40-42H2,1-2H3/t57-,59+,61+,64-,67+/m1/s1. The molecule has 0 aliphatic carbocycles. The molecule has 0 radical (unpaired) electrons. The SMILES string of the molecule is CCCc1ccc(C(=O)OC[C@H]2O[C@@H](Oc3c(-c4ccc5c(c4)OC(c4ccccc4)(c4ccccc4)O5)oc4cc(OCc5ccccc5)cc(OCc5ccccc5)c4c3=O)[C@H](OC(=O)c3ccc(CCC)cc3)[C@@H](O)[C@H]2O)cc1. The van der Waals surface area contributed by atoms with Crippen LogP contribution in [0.3, 0.4) is 0 Å². The van der Waals surface area contributed by atoms with Crippen molar-refractivity contribution in [3.05, 3.63) is 255 Å². The second-order valence-electron chi connectivity index (χ2n) is 20.2. The maximum absolute atomic E-state index is 15.8. The summed E-state index contributed by atoms with van der Waals surface area (Å²) in [6, 6.07) is 59.9. The summed E-state index contributed by atoms with van der Waals surface area (Å²) in [6.45, 7) is 3.74. The number of aliphatic hydroxyl groups is 2. The predicted octanol–water partition coefficient (Wildman–Crippen LogP) is 12.1. The monoisotopic (exact) mass is 1100 g/mol. The summed E-state index contributed by atoms with van der Waals surface area (Å²) in [6.07, 6.45) is -5.44. The summed E-state index contributed by atoms with van der Waals surface area (Å²) in [4.78, 5) is 43.4. The summed E-state index contributed by atoms with van der Waals surface area (Å²) in [7, 11) is 0. The van der Waals surface area contributed by atoms with Crippen molar-refractivity contribution in [1.29, 1.82) is 0 Å². The Bertz CT molecular complexity index is 3660. The molecule has 1 saturated heterocycles. The first-order chi connectivity index (χ1) is 40.1. The van der Waals surface area contributed by atoms with E-state index in [0.717, 1.165) is 47.9 Å². The largest absolute Gasteiger partial charge is 0.489 e. The number of esters is 2. The van der Waals surface area contributed by atoms with Crippen molar-refractivity contribution >= 4 is 22.9 Å². The van der Waals surface area contributed by atoms with Crippen LogP contribution in [-0.4, -0.2) is 59.5 Å². The average molecular weight is 1100 g/mol. The van der Waals surface area contributed by atoms with E-state index in [1.807, 2.05) is 140 Å². The van der Waals surface area contributed by atoms with Gasteiger partial charge in [0.1, 0.15) is 60.6 Å². The van der Waals surface area contributed by atoms with Crippen LogP contribution in [0, 0.1) is 0 Å². The zero-order chi connectivity index (χ0) is 56.6. The zero-order valence-electron chi connectivity index (χ0n) is 45.2. The third-order valence-corrected chi connectivity index (χ3v) is 14.4. The number of fused-ring (bicyclic) bond motifs is 2. The fourth-order valence-corrected chi connectivity index (χ4v) is 10.1. The second kappa shape index (κ2) is 24.7. The Morgan fingerprint density at radius 3 is 1.71 bits per heavy atom. The van der Waals surface area contributed by atoms with Gasteiger partial charge in [0, 0.05) is 28.8 Å². The molecular weight excluding hydrogens is 1040 g/mol. The first kappa shape index (κ1) is 54.7. The highest BCUT2D eigenvalue weighted by Crippen LogP contribution is 2.50. The Balaban J connectivity index is 1.03. The Morgan fingerprint density at radius 2 is 1.12 bits per heavy atom. The summed E-state index contributed by atoms with van der Waals surface area (Å²) in [5.41, 5.74) is 5.10. The lowest BCUT2D eigenvalue weighted by atomic mass is 9.97. The highest BCUT2D eigenvalue weighted by molar-refractivity contribution is 5.91. The minimum Gasteiger partial charge on any atom is -0.489 e. The molecule has 2 aliphatic rings. The number of aliphatic hydroxyl groups excluding tert-OH is 2. The third-order valence-electron chi connectivity index (χ3n) is 14.4. The fourth-order valence-electron chi connectivity index (χ4n) is 10.1. The molecule has 82 heavy (non-hydrogen) atoms. The molecule has 8 aromatic carbocycles. The molecule has 0 spiro atoms. The molecule has 3 heterocycles. The molecule has 5 atom stereocenters. The van der Waals surface area contributed by atoms with Crippen molar-refractivity contribution in [1.82, 2.24) is 0 Å². The number of hydrogen-bond acceptors (Lipinski definition) is 14. The van der Waals surface area contributed by atoms with Gasteiger partial charge in [-0.3, -0.25) is 4.79 Å². The van der Waals surface area contributed by atoms with E-state index < -0.39 is 66.2 Å². The van der Waals surface area contributed by atoms with Crippen LogP contribution in [0.5, 0.6) is 28.7 Å². The van der Waals surface area contributed by atoms with E-state index in [1.54, 1.807) is 66.7 Å². The molecule has 9 aromatic rings. The number of rotatable bonds is 20. The molecule has 0 saturated carbocycles. The number of carbonyl (C=O) groups is 2. The molecule has 2 aliphatic heterocycles. The minimum atomic E-state index is -1.92. The van der Waals surface area contributed by atoms with E-state index >= 15 is 4.79 Å². The lowest BCUT2D eigenvalue weighted by Crippen LogP contribution is -2.61. The second-order valence-corrected chi connectivity index (χ2v) is 20.2. The summed E-state index contributed by atoms with van der Waals surface area (Å²) >= 11 is 0. The molecule has 0 unspecified atom stereocenters. The molecule has 14 heteroatoms. The molecule has 0 amide bonds. The van der Waals surface area contributed by atoms with Crippen LogP contribution in [0.15, 0.2) is 209 Å². The van der Waals surface area contributed by atoms with Crippen LogP contribution in [0.4, 0.5) is 0 Å². The molecule has 11 rings (SSSR count). The molecule has 1 aromatic heterocycles. The predicted molar refractivity (Wildman–Crippen MR) is 306 cm³/mol. The zero-order valence-corrected chi connectivity index (χ0v) is 45.2. The van der Waals surface area contributed by atoms with Crippen molar-refractivity contribution < 1.29 is 62.1 Å². The first-order valence-corrected chi connectivity index (χ1v) is 27.4. The van der Waals surface area contributed by atoms with E-state index in [2.05, 4.69) is 6.92 Å². The Morgan fingerprint density at radius 1 is 0.573 bits per heavy atom. The summed E-state index contributed by atoms with van der Waals surface area (Å²) in [5, 5.41) is 23.8. The smallest absolute Gasteiger partial charge is 0.338 e. The van der Waals surface area contributed by atoms with Crippen molar-refractivity contribution in [2.75, 3.05) is 6.61 Å². The van der Waals surface area contributed by atoms with Gasteiger partial charge in [-0.25, -0.2) is 9.59 Å². The maximum atomic E-state index is 15.8. The lowest BCUT2D eigenvalue weighted by Gasteiger charge is -2.41. The van der Waals surface area contributed by atoms with Crippen molar-refractivity contribution in [2.24, 2.45) is 0 Å². The van der Waals surface area contributed by atoms with Gasteiger partial charge in [-0.1, -0.05) is 172 Å². The van der Waals surface area contributed by atoms with Gasteiger partial charge in [0.25, 0.3) is 0 Å². The van der Waals surface area contributed by atoms with Gasteiger partial charge in [0.2, 0.25) is 17.5 Å². The number of aryl methyl sites for hydroxylation is 2. The van der Waals surface area contributed by atoms with Crippen LogP contribution in [0.1, 0.15) is 80.8 Å². The number of hydrogen-bond donors (Lipinski definition) is 2. The van der Waals surface area contributed by atoms with E-state index in [0.29, 0.717) is 22.6 Å². The van der Waals surface area contributed by atoms with Crippen LogP contribution in [-0.2, 0) is 46.1 Å². The fraction of sp³-hybridized carbons (Fsp3) is 0.221. The van der Waals surface area contributed by atoms with Gasteiger partial charge < -0.3 is 52.5 Å². The van der Waals surface area contributed by atoms with Crippen molar-refractivity contribution in [3.63, 3.8) is 0 Å². The van der Waals surface area contributed by atoms with Crippen molar-refractivity contribution in [2.45, 2.75) is 89.2 Å². The highest BCUT2D eigenvalue weighted by atomic mass is 16.7. The molecule has 416 valence electrons. The lowest BCUT2D eigenvalue weighted by molar-refractivity contribution is -0.276. The number of ether oxygens (including phenoxy) is 8. The molecule has 14 nitrogen and oxygen atoms in total. The quantitative estimate of drug-likeness (QED) is 0.0689. The molecule has 1 fully saturated rings. The van der Waals surface area contributed by atoms with Gasteiger partial charge in [0.05, 0.1) is 11.1 Å². The Labute approximate surface area is 473 Å². The molecular formula is C68H60O14. The average Bonchev–Trinajstić information content (AvgIpc) is 3.22. The third kappa shape index (κ3) is 11.8. The van der Waals surface area contributed by atoms with Crippen LogP contribution >= 0.6 is 0 Å². The van der Waals surface area contributed by atoms with E-state index in [9.17, 15) is 19.8 Å². The minimum absolute atomic E-state index is 0.0404. The highest BCUT2D eigenvalue weighted by Gasteiger charge is 2.50.